The lowest BCUT2D eigenvalue weighted by atomic mass is 10.0. The van der Waals surface area contributed by atoms with Crippen molar-refractivity contribution in [1.29, 1.82) is 0 Å². The van der Waals surface area contributed by atoms with Gasteiger partial charge in [-0.2, -0.15) is 5.10 Å². The topological polar surface area (TPSA) is 75.5 Å². The third-order valence-corrected chi connectivity index (χ3v) is 8.09. The maximum atomic E-state index is 13.9. The SMILES string of the molecule is CCN(Cc1ccccc1)C(=O)CN(c1ccc(C(C)C)cc1)S(=O)(=O)c1c(C)nn(C)c1C. The molecule has 0 bridgehead atoms. The first-order chi connectivity index (χ1) is 16.1. The molecule has 1 aromatic heterocycles. The summed E-state index contributed by atoms with van der Waals surface area (Å²) in [6.07, 6.45) is 0. The highest BCUT2D eigenvalue weighted by atomic mass is 32.2. The third kappa shape index (κ3) is 5.33. The van der Waals surface area contributed by atoms with Crippen molar-refractivity contribution in [3.8, 4) is 0 Å². The van der Waals surface area contributed by atoms with E-state index in [1.54, 1.807) is 42.6 Å². The first kappa shape index (κ1) is 25.5. The number of hydrogen-bond donors (Lipinski definition) is 0. The van der Waals surface area contributed by atoms with Crippen LogP contribution in [0.2, 0.25) is 0 Å². The monoisotopic (exact) mass is 482 g/mol. The first-order valence-electron chi connectivity index (χ1n) is 11.5. The van der Waals surface area contributed by atoms with Crippen molar-refractivity contribution in [2.75, 3.05) is 17.4 Å². The summed E-state index contributed by atoms with van der Waals surface area (Å²) in [5, 5.41) is 4.29. The Balaban J connectivity index is 2.01. The van der Waals surface area contributed by atoms with Crippen molar-refractivity contribution < 1.29 is 13.2 Å². The summed E-state index contributed by atoms with van der Waals surface area (Å²) in [6, 6.07) is 17.1. The lowest BCUT2D eigenvalue weighted by molar-refractivity contribution is -0.129. The largest absolute Gasteiger partial charge is 0.337 e. The normalized spacial score (nSPS) is 11.6. The summed E-state index contributed by atoms with van der Waals surface area (Å²) in [5.41, 5.74) is 3.49. The van der Waals surface area contributed by atoms with Crippen LogP contribution in [0.1, 0.15) is 49.2 Å². The zero-order chi connectivity index (χ0) is 25.0. The van der Waals surface area contributed by atoms with E-state index in [2.05, 4.69) is 18.9 Å². The van der Waals surface area contributed by atoms with Crippen LogP contribution in [-0.2, 0) is 28.4 Å². The second kappa shape index (κ2) is 10.4. The van der Waals surface area contributed by atoms with E-state index in [1.165, 1.54) is 4.31 Å². The van der Waals surface area contributed by atoms with E-state index >= 15 is 0 Å². The van der Waals surface area contributed by atoms with Crippen molar-refractivity contribution in [3.63, 3.8) is 0 Å². The van der Waals surface area contributed by atoms with E-state index in [9.17, 15) is 13.2 Å². The fourth-order valence-electron chi connectivity index (χ4n) is 3.98. The van der Waals surface area contributed by atoms with E-state index in [-0.39, 0.29) is 17.3 Å². The van der Waals surface area contributed by atoms with Crippen molar-refractivity contribution in [1.82, 2.24) is 14.7 Å². The highest BCUT2D eigenvalue weighted by Gasteiger charge is 2.33. The molecule has 8 heteroatoms. The minimum Gasteiger partial charge on any atom is -0.337 e. The first-order valence-corrected chi connectivity index (χ1v) is 12.9. The Morgan fingerprint density at radius 3 is 2.15 bits per heavy atom. The molecule has 7 nitrogen and oxygen atoms in total. The van der Waals surface area contributed by atoms with Gasteiger partial charge in [-0.05, 0) is 49.9 Å². The summed E-state index contributed by atoms with van der Waals surface area (Å²) >= 11 is 0. The van der Waals surface area contributed by atoms with Gasteiger partial charge in [0.05, 0.1) is 17.1 Å². The Labute approximate surface area is 203 Å². The zero-order valence-corrected chi connectivity index (χ0v) is 21.6. The molecule has 1 amide bonds. The molecule has 3 rings (SSSR count). The minimum atomic E-state index is -4.03. The standard InChI is InChI=1S/C26H34N4O3S/c1-7-29(17-22-11-9-8-10-12-22)25(31)18-30(24-15-13-23(14-16-24)19(2)3)34(32,33)26-20(4)27-28(6)21(26)5/h8-16,19H,7,17-18H2,1-6H3. The molecule has 3 aromatic rings. The van der Waals surface area contributed by atoms with Crippen LogP contribution in [0.3, 0.4) is 0 Å². The van der Waals surface area contributed by atoms with Gasteiger partial charge in [0.2, 0.25) is 5.91 Å². The number of rotatable bonds is 9. The molecule has 0 N–H and O–H groups in total. The van der Waals surface area contributed by atoms with Crippen molar-refractivity contribution >= 4 is 21.6 Å². The number of carbonyl (C=O) groups is 1. The highest BCUT2D eigenvalue weighted by molar-refractivity contribution is 7.93. The minimum absolute atomic E-state index is 0.141. The maximum absolute atomic E-state index is 13.9. The molecule has 0 aliphatic heterocycles. The number of aromatic nitrogens is 2. The number of anilines is 1. The zero-order valence-electron chi connectivity index (χ0n) is 20.8. The van der Waals surface area contributed by atoms with Crippen LogP contribution < -0.4 is 4.31 Å². The van der Waals surface area contributed by atoms with Crippen LogP contribution in [0.25, 0.3) is 0 Å². The van der Waals surface area contributed by atoms with Gasteiger partial charge in [0.15, 0.2) is 0 Å². The molecule has 2 aromatic carbocycles. The average molecular weight is 483 g/mol. The smallest absolute Gasteiger partial charge is 0.268 e. The molecule has 0 aliphatic rings. The average Bonchev–Trinajstić information content (AvgIpc) is 3.07. The Bertz CT molecular complexity index is 1230. The van der Waals surface area contributed by atoms with Crippen molar-refractivity contribution in [2.45, 2.75) is 52.0 Å². The van der Waals surface area contributed by atoms with E-state index in [0.29, 0.717) is 36.1 Å². The van der Waals surface area contributed by atoms with Crippen LogP contribution in [0.4, 0.5) is 5.69 Å². The molecule has 34 heavy (non-hydrogen) atoms. The predicted octanol–water partition coefficient (Wildman–Crippen LogP) is 4.40. The van der Waals surface area contributed by atoms with Crippen LogP contribution in [0.15, 0.2) is 59.5 Å². The Morgan fingerprint density at radius 2 is 1.65 bits per heavy atom. The molecule has 0 saturated heterocycles. The summed E-state index contributed by atoms with van der Waals surface area (Å²) in [7, 11) is -2.32. The number of amides is 1. The van der Waals surface area contributed by atoms with Crippen LogP contribution in [0.5, 0.6) is 0 Å². The number of aryl methyl sites for hydroxylation is 2. The molecule has 0 saturated carbocycles. The second-order valence-corrected chi connectivity index (χ2v) is 10.6. The van der Waals surface area contributed by atoms with E-state index in [4.69, 9.17) is 0 Å². The Hall–Kier alpha value is -3.13. The van der Waals surface area contributed by atoms with Gasteiger partial charge in [0.25, 0.3) is 10.0 Å². The maximum Gasteiger partial charge on any atom is 0.268 e. The van der Waals surface area contributed by atoms with Gasteiger partial charge < -0.3 is 4.90 Å². The molecule has 182 valence electrons. The molecule has 1 heterocycles. The summed E-state index contributed by atoms with van der Waals surface area (Å²) in [5.74, 6) is 0.0482. The molecule has 0 radical (unpaired) electrons. The number of likely N-dealkylation sites (N-methyl/N-ethyl adjacent to an activating group) is 1. The van der Waals surface area contributed by atoms with Gasteiger partial charge in [-0.25, -0.2) is 8.42 Å². The van der Waals surface area contributed by atoms with Gasteiger partial charge in [0.1, 0.15) is 11.4 Å². The summed E-state index contributed by atoms with van der Waals surface area (Å²) < 4.78 is 30.6. The van der Waals surface area contributed by atoms with Gasteiger partial charge in [0, 0.05) is 20.1 Å². The van der Waals surface area contributed by atoms with E-state index in [1.807, 2.05) is 49.4 Å². The van der Waals surface area contributed by atoms with Crippen LogP contribution >= 0.6 is 0 Å². The fraction of sp³-hybridized carbons (Fsp3) is 0.385. The lowest BCUT2D eigenvalue weighted by Crippen LogP contribution is -2.43. The molecule has 0 fully saturated rings. The third-order valence-electron chi connectivity index (χ3n) is 6.07. The number of sulfonamides is 1. The van der Waals surface area contributed by atoms with Gasteiger partial charge in [-0.15, -0.1) is 0 Å². The molecule has 0 spiro atoms. The van der Waals surface area contributed by atoms with Crippen LogP contribution in [-0.4, -0.2) is 42.1 Å². The summed E-state index contributed by atoms with van der Waals surface area (Å²) in [6.45, 7) is 10.1. The van der Waals surface area contributed by atoms with Gasteiger partial charge in [-0.3, -0.25) is 13.8 Å². The molecular weight excluding hydrogens is 448 g/mol. The molecule has 0 aliphatic carbocycles. The number of hydrogen-bond acceptors (Lipinski definition) is 4. The second-order valence-electron chi connectivity index (χ2n) is 8.77. The van der Waals surface area contributed by atoms with Crippen molar-refractivity contribution in [2.24, 2.45) is 7.05 Å². The van der Waals surface area contributed by atoms with Gasteiger partial charge >= 0.3 is 0 Å². The fourth-order valence-corrected chi connectivity index (χ4v) is 5.80. The Morgan fingerprint density at radius 1 is 1.03 bits per heavy atom. The van der Waals surface area contributed by atoms with Gasteiger partial charge in [-0.1, -0.05) is 56.3 Å². The predicted molar refractivity (Wildman–Crippen MR) is 135 cm³/mol. The molecule has 0 unspecified atom stereocenters. The lowest BCUT2D eigenvalue weighted by Gasteiger charge is -2.28. The molecule has 0 atom stereocenters. The number of nitrogens with zero attached hydrogens (tertiary/aromatic N) is 4. The highest BCUT2D eigenvalue weighted by Crippen LogP contribution is 2.29. The number of benzene rings is 2. The number of carbonyl (C=O) groups excluding carboxylic acids is 1. The Kier molecular flexibility index (Phi) is 7.82. The van der Waals surface area contributed by atoms with Crippen molar-refractivity contribution in [3.05, 3.63) is 77.1 Å². The van der Waals surface area contributed by atoms with E-state index < -0.39 is 10.0 Å². The van der Waals surface area contributed by atoms with Crippen LogP contribution in [0, 0.1) is 13.8 Å². The molecular formula is C26H34N4O3S. The quantitative estimate of drug-likeness (QED) is 0.453. The summed E-state index contributed by atoms with van der Waals surface area (Å²) in [4.78, 5) is 15.2. The van der Waals surface area contributed by atoms with E-state index in [0.717, 1.165) is 11.1 Å².